The second kappa shape index (κ2) is 4.17. The van der Waals surface area contributed by atoms with Gasteiger partial charge in [0, 0.05) is 17.8 Å². The number of hydrogen-bond acceptors (Lipinski definition) is 2. The molecule has 0 unspecified atom stereocenters. The molecule has 2 heterocycles. The van der Waals surface area contributed by atoms with Crippen molar-refractivity contribution in [2.75, 3.05) is 6.61 Å². The van der Waals surface area contributed by atoms with Gasteiger partial charge < -0.3 is 4.74 Å². The number of hydrogen-bond donors (Lipinski definition) is 0. The number of pyridine rings is 1. The first-order valence-electron chi connectivity index (χ1n) is 5.71. The molecule has 3 rings (SSSR count). The average Bonchev–Trinajstić information content (AvgIpc) is 2.38. The monoisotopic (exact) mass is 229 g/mol. The highest BCUT2D eigenvalue weighted by Gasteiger charge is 2.16. The van der Waals surface area contributed by atoms with Gasteiger partial charge in [-0.3, -0.25) is 4.98 Å². The summed E-state index contributed by atoms with van der Waals surface area (Å²) >= 11 is 0. The van der Waals surface area contributed by atoms with Crippen LogP contribution in [0.25, 0.3) is 11.3 Å². The third-order valence-corrected chi connectivity index (χ3v) is 2.93. The van der Waals surface area contributed by atoms with Crippen molar-refractivity contribution in [3.63, 3.8) is 0 Å². The van der Waals surface area contributed by atoms with Gasteiger partial charge in [0.15, 0.2) is 0 Å². The summed E-state index contributed by atoms with van der Waals surface area (Å²) < 4.78 is 18.9. The van der Waals surface area contributed by atoms with Crippen molar-refractivity contribution in [3.05, 3.63) is 47.9 Å². The van der Waals surface area contributed by atoms with E-state index in [1.165, 1.54) is 23.9 Å². The molecule has 1 aromatic heterocycles. The van der Waals surface area contributed by atoms with Crippen LogP contribution in [0.4, 0.5) is 4.39 Å². The quantitative estimate of drug-likeness (QED) is 0.749. The molecule has 0 saturated heterocycles. The Labute approximate surface area is 99.1 Å². The summed E-state index contributed by atoms with van der Waals surface area (Å²) in [5.41, 5.74) is 2.69. The minimum absolute atomic E-state index is 0.275. The molecule has 0 amide bonds. The molecule has 1 aliphatic heterocycles. The molecule has 0 bridgehead atoms. The van der Waals surface area contributed by atoms with E-state index < -0.39 is 0 Å². The van der Waals surface area contributed by atoms with E-state index >= 15 is 0 Å². The van der Waals surface area contributed by atoms with Crippen molar-refractivity contribution in [3.8, 4) is 17.0 Å². The first kappa shape index (κ1) is 10.3. The van der Waals surface area contributed by atoms with Crippen molar-refractivity contribution < 1.29 is 9.13 Å². The molecule has 0 aliphatic carbocycles. The Morgan fingerprint density at radius 1 is 1.24 bits per heavy atom. The summed E-state index contributed by atoms with van der Waals surface area (Å²) in [6.07, 6.45) is 3.53. The maximum atomic E-state index is 13.2. The minimum Gasteiger partial charge on any atom is -0.493 e. The molecule has 0 radical (unpaired) electrons. The average molecular weight is 229 g/mol. The third-order valence-electron chi connectivity index (χ3n) is 2.93. The van der Waals surface area contributed by atoms with E-state index in [2.05, 4.69) is 11.1 Å². The Balaban J connectivity index is 2.14. The van der Waals surface area contributed by atoms with Gasteiger partial charge in [-0.25, -0.2) is 4.39 Å². The number of rotatable bonds is 1. The number of para-hydroxylation sites is 1. The van der Waals surface area contributed by atoms with Gasteiger partial charge in [0.1, 0.15) is 11.6 Å². The van der Waals surface area contributed by atoms with Gasteiger partial charge in [-0.05, 0) is 30.5 Å². The van der Waals surface area contributed by atoms with Gasteiger partial charge in [-0.15, -0.1) is 0 Å². The lowest BCUT2D eigenvalue weighted by Gasteiger charge is -2.19. The Morgan fingerprint density at radius 2 is 2.18 bits per heavy atom. The molecule has 0 saturated carbocycles. The number of benzene rings is 1. The summed E-state index contributed by atoms with van der Waals surface area (Å²) in [7, 11) is 0. The van der Waals surface area contributed by atoms with Gasteiger partial charge in [-0.1, -0.05) is 12.1 Å². The van der Waals surface area contributed by atoms with Crippen LogP contribution in [0.15, 0.2) is 36.5 Å². The van der Waals surface area contributed by atoms with E-state index in [0.717, 1.165) is 30.8 Å². The lowest BCUT2D eigenvalue weighted by atomic mass is 10.0. The molecule has 0 fully saturated rings. The highest BCUT2D eigenvalue weighted by atomic mass is 19.1. The number of aryl methyl sites for hydroxylation is 1. The zero-order chi connectivity index (χ0) is 11.7. The second-order valence-electron chi connectivity index (χ2n) is 4.11. The molecule has 0 spiro atoms. The number of halogens is 1. The van der Waals surface area contributed by atoms with Gasteiger partial charge in [0.05, 0.1) is 12.3 Å². The fourth-order valence-corrected chi connectivity index (χ4v) is 2.14. The van der Waals surface area contributed by atoms with Crippen LogP contribution >= 0.6 is 0 Å². The number of fused-ring (bicyclic) bond motifs is 1. The predicted molar refractivity (Wildman–Crippen MR) is 63.4 cm³/mol. The van der Waals surface area contributed by atoms with Crippen molar-refractivity contribution in [1.82, 2.24) is 4.98 Å². The van der Waals surface area contributed by atoms with Crippen LogP contribution in [0.1, 0.15) is 12.0 Å². The van der Waals surface area contributed by atoms with Crippen LogP contribution in [0.2, 0.25) is 0 Å². The van der Waals surface area contributed by atoms with Crippen LogP contribution in [0.5, 0.6) is 5.75 Å². The molecule has 1 aromatic carbocycles. The topological polar surface area (TPSA) is 22.1 Å². The fourth-order valence-electron chi connectivity index (χ4n) is 2.14. The first-order valence-corrected chi connectivity index (χ1v) is 5.71. The summed E-state index contributed by atoms with van der Waals surface area (Å²) in [5, 5.41) is 0. The summed E-state index contributed by atoms with van der Waals surface area (Å²) in [4.78, 5) is 4.20. The third kappa shape index (κ3) is 1.88. The summed E-state index contributed by atoms with van der Waals surface area (Å²) in [6, 6.07) is 8.73. The van der Waals surface area contributed by atoms with E-state index in [9.17, 15) is 4.39 Å². The Morgan fingerprint density at radius 3 is 3.06 bits per heavy atom. The van der Waals surface area contributed by atoms with Crippen molar-refractivity contribution in [2.45, 2.75) is 12.8 Å². The molecule has 2 aromatic rings. The second-order valence-corrected chi connectivity index (χ2v) is 4.11. The molecule has 0 atom stereocenters. The largest absolute Gasteiger partial charge is 0.493 e. The van der Waals surface area contributed by atoms with Crippen LogP contribution in [0, 0.1) is 5.82 Å². The van der Waals surface area contributed by atoms with Crippen LogP contribution in [-0.2, 0) is 6.42 Å². The fraction of sp³-hybridized carbons (Fsp3) is 0.214. The van der Waals surface area contributed by atoms with Gasteiger partial charge in [0.25, 0.3) is 0 Å². The molecule has 0 N–H and O–H groups in total. The van der Waals surface area contributed by atoms with Crippen molar-refractivity contribution in [2.24, 2.45) is 0 Å². The maximum Gasteiger partial charge on any atom is 0.131 e. The normalized spacial score (nSPS) is 13.9. The van der Waals surface area contributed by atoms with E-state index in [4.69, 9.17) is 4.74 Å². The van der Waals surface area contributed by atoms with E-state index in [-0.39, 0.29) is 5.82 Å². The summed E-state index contributed by atoms with van der Waals surface area (Å²) in [6.45, 7) is 0.722. The van der Waals surface area contributed by atoms with Crippen molar-refractivity contribution >= 4 is 0 Å². The SMILES string of the molecule is Fc1ccnc(-c2cccc3c2OCCC3)c1. The van der Waals surface area contributed by atoms with Gasteiger partial charge >= 0.3 is 0 Å². The Bertz CT molecular complexity index is 554. The Hall–Kier alpha value is -1.90. The highest BCUT2D eigenvalue weighted by Crippen LogP contribution is 2.35. The summed E-state index contributed by atoms with van der Waals surface area (Å²) in [5.74, 6) is 0.584. The van der Waals surface area contributed by atoms with Gasteiger partial charge in [0.2, 0.25) is 0 Å². The smallest absolute Gasteiger partial charge is 0.131 e. The molecule has 1 aliphatic rings. The molecular weight excluding hydrogens is 217 g/mol. The van der Waals surface area contributed by atoms with E-state index in [1.54, 1.807) is 0 Å². The number of aromatic nitrogens is 1. The zero-order valence-electron chi connectivity index (χ0n) is 9.32. The molecular formula is C14H12FNO. The molecule has 17 heavy (non-hydrogen) atoms. The van der Waals surface area contributed by atoms with Crippen molar-refractivity contribution in [1.29, 1.82) is 0 Å². The maximum absolute atomic E-state index is 13.2. The van der Waals surface area contributed by atoms with Crippen LogP contribution in [0.3, 0.4) is 0 Å². The lowest BCUT2D eigenvalue weighted by molar-refractivity contribution is 0.289. The number of nitrogens with zero attached hydrogens (tertiary/aromatic N) is 1. The zero-order valence-corrected chi connectivity index (χ0v) is 9.32. The first-order chi connectivity index (χ1) is 8.34. The predicted octanol–water partition coefficient (Wildman–Crippen LogP) is 3.21. The van der Waals surface area contributed by atoms with Crippen LogP contribution in [-0.4, -0.2) is 11.6 Å². The van der Waals surface area contributed by atoms with E-state index in [1.807, 2.05) is 12.1 Å². The van der Waals surface area contributed by atoms with E-state index in [0.29, 0.717) is 5.69 Å². The molecule has 86 valence electrons. The van der Waals surface area contributed by atoms with Crippen LogP contribution < -0.4 is 4.74 Å². The lowest BCUT2D eigenvalue weighted by Crippen LogP contribution is -2.09. The Kier molecular flexibility index (Phi) is 2.52. The minimum atomic E-state index is -0.275. The molecule has 3 heteroatoms. The highest BCUT2D eigenvalue weighted by molar-refractivity contribution is 5.69. The molecule has 2 nitrogen and oxygen atoms in total. The van der Waals surface area contributed by atoms with Gasteiger partial charge in [-0.2, -0.15) is 0 Å². The standard InChI is InChI=1S/C14H12FNO/c15-11-6-7-16-13(9-11)12-5-1-3-10-4-2-8-17-14(10)12/h1,3,5-7,9H,2,4,8H2. The number of ether oxygens (including phenoxy) is 1.